The molecule has 1 aliphatic rings. The Morgan fingerprint density at radius 1 is 1.26 bits per heavy atom. The summed E-state index contributed by atoms with van der Waals surface area (Å²) in [6, 6.07) is 9.29. The van der Waals surface area contributed by atoms with Crippen LogP contribution < -0.4 is 15.5 Å². The van der Waals surface area contributed by atoms with Crippen LogP contribution in [0.15, 0.2) is 38.6 Å². The van der Waals surface area contributed by atoms with Gasteiger partial charge in [-0.15, -0.1) is 11.3 Å². The second kappa shape index (κ2) is 7.02. The molecule has 0 atom stereocenters. The van der Waals surface area contributed by atoms with Gasteiger partial charge in [-0.25, -0.2) is 0 Å². The van der Waals surface area contributed by atoms with Gasteiger partial charge in [0.05, 0.1) is 15.2 Å². The van der Waals surface area contributed by atoms with Crippen molar-refractivity contribution >= 4 is 66.4 Å². The number of benzene rings is 1. The Kier molecular flexibility index (Phi) is 5.03. The van der Waals surface area contributed by atoms with Crippen molar-refractivity contribution in [2.45, 2.75) is 0 Å². The molecular weight excluding hydrogens is 446 g/mol. The molecule has 0 unspecified atom stereocenters. The Morgan fingerprint density at radius 3 is 2.61 bits per heavy atom. The Hall–Kier alpha value is -1.38. The fourth-order valence-corrected chi connectivity index (χ4v) is 4.20. The first-order valence-electron chi connectivity index (χ1n) is 6.91. The number of thiophene rings is 1. The summed E-state index contributed by atoms with van der Waals surface area (Å²) in [4.78, 5) is 26.3. The molecule has 5 nitrogen and oxygen atoms in total. The number of hydrogen-bond acceptors (Lipinski definition) is 4. The van der Waals surface area contributed by atoms with Crippen LogP contribution >= 0.6 is 43.2 Å². The molecule has 1 fully saturated rings. The van der Waals surface area contributed by atoms with Gasteiger partial charge in [0, 0.05) is 28.9 Å². The zero-order chi connectivity index (χ0) is 16.4. The zero-order valence-corrected chi connectivity index (χ0v) is 15.9. The molecule has 0 bridgehead atoms. The summed E-state index contributed by atoms with van der Waals surface area (Å²) in [5.41, 5.74) is 1.69. The van der Waals surface area contributed by atoms with Crippen LogP contribution in [0.2, 0.25) is 0 Å². The summed E-state index contributed by atoms with van der Waals surface area (Å²) in [6.45, 7) is 1.80. The molecule has 2 N–H and O–H groups in total. The number of carbonyl (C=O) groups excluding carboxylic acids is 2. The molecule has 23 heavy (non-hydrogen) atoms. The maximum absolute atomic E-state index is 12.2. The highest BCUT2D eigenvalue weighted by atomic mass is 79.9. The Balaban J connectivity index is 1.67. The second-order valence-corrected chi connectivity index (χ2v) is 8.23. The van der Waals surface area contributed by atoms with Crippen LogP contribution in [0.4, 0.5) is 11.4 Å². The minimum atomic E-state index is -0.147. The fourth-order valence-electron chi connectivity index (χ4n) is 2.27. The van der Waals surface area contributed by atoms with Crippen molar-refractivity contribution in [1.82, 2.24) is 5.32 Å². The lowest BCUT2D eigenvalue weighted by Gasteiger charge is -2.28. The number of piperazine rings is 1. The van der Waals surface area contributed by atoms with Crippen LogP contribution in [0.1, 0.15) is 9.67 Å². The molecule has 2 heterocycles. The molecule has 1 aromatic heterocycles. The number of anilines is 2. The quantitative estimate of drug-likeness (QED) is 0.740. The Bertz CT molecular complexity index is 726. The standard InChI is InChI=1S/C15H13Br2N3O2S/c16-11-7-12(23-14(11)17)15(22)19-9-1-3-10(4-2-9)20-6-5-18-13(21)8-20/h1-4,7H,5-6,8H2,(H,18,21)(H,19,22). The number of nitrogens with one attached hydrogen (secondary N) is 2. The van der Waals surface area contributed by atoms with Crippen molar-refractivity contribution in [2.24, 2.45) is 0 Å². The average molecular weight is 459 g/mol. The van der Waals surface area contributed by atoms with E-state index in [4.69, 9.17) is 0 Å². The van der Waals surface area contributed by atoms with Crippen LogP contribution in [0.3, 0.4) is 0 Å². The molecule has 2 aromatic rings. The second-order valence-electron chi connectivity index (χ2n) is 5.00. The number of carbonyl (C=O) groups is 2. The summed E-state index contributed by atoms with van der Waals surface area (Å²) in [5.74, 6) is -0.117. The Labute approximate surface area is 154 Å². The van der Waals surface area contributed by atoms with Gasteiger partial charge in [-0.1, -0.05) is 0 Å². The first kappa shape index (κ1) is 16.5. The van der Waals surface area contributed by atoms with Gasteiger partial charge in [0.1, 0.15) is 0 Å². The van der Waals surface area contributed by atoms with E-state index < -0.39 is 0 Å². The van der Waals surface area contributed by atoms with Crippen LogP contribution in [-0.2, 0) is 4.79 Å². The lowest BCUT2D eigenvalue weighted by atomic mass is 10.2. The van der Waals surface area contributed by atoms with Crippen LogP contribution in [-0.4, -0.2) is 31.4 Å². The first-order chi connectivity index (χ1) is 11.0. The fraction of sp³-hybridized carbons (Fsp3) is 0.200. The molecule has 1 aromatic carbocycles. The van der Waals surface area contributed by atoms with E-state index >= 15 is 0 Å². The van der Waals surface area contributed by atoms with Gasteiger partial charge in [-0.05, 0) is 62.2 Å². The van der Waals surface area contributed by atoms with E-state index in [0.29, 0.717) is 18.0 Å². The van der Waals surface area contributed by atoms with Gasteiger partial charge in [-0.3, -0.25) is 9.59 Å². The van der Waals surface area contributed by atoms with Gasteiger partial charge in [0.2, 0.25) is 5.91 Å². The highest BCUT2D eigenvalue weighted by Gasteiger charge is 2.16. The molecule has 1 aliphatic heterocycles. The van der Waals surface area contributed by atoms with Crippen molar-refractivity contribution in [3.8, 4) is 0 Å². The summed E-state index contributed by atoms with van der Waals surface area (Å²) < 4.78 is 1.76. The van der Waals surface area contributed by atoms with Crippen LogP contribution in [0.25, 0.3) is 0 Å². The van der Waals surface area contributed by atoms with E-state index in [9.17, 15) is 9.59 Å². The summed E-state index contributed by atoms with van der Waals surface area (Å²) in [5, 5.41) is 5.67. The predicted molar refractivity (Wildman–Crippen MR) is 99.3 cm³/mol. The molecular formula is C15H13Br2N3O2S. The van der Waals surface area contributed by atoms with E-state index in [1.165, 1.54) is 11.3 Å². The molecule has 3 rings (SSSR count). The highest BCUT2D eigenvalue weighted by Crippen LogP contribution is 2.32. The number of halogens is 2. The van der Waals surface area contributed by atoms with Gasteiger partial charge in [0.15, 0.2) is 0 Å². The van der Waals surface area contributed by atoms with Crippen molar-refractivity contribution < 1.29 is 9.59 Å². The van der Waals surface area contributed by atoms with Crippen LogP contribution in [0, 0.1) is 0 Å². The first-order valence-corrected chi connectivity index (χ1v) is 9.31. The zero-order valence-electron chi connectivity index (χ0n) is 11.9. The monoisotopic (exact) mass is 457 g/mol. The van der Waals surface area contributed by atoms with E-state index in [1.807, 2.05) is 29.2 Å². The number of rotatable bonds is 3. The van der Waals surface area contributed by atoms with Gasteiger partial charge in [0.25, 0.3) is 5.91 Å². The predicted octanol–water partition coefficient (Wildman–Crippen LogP) is 3.46. The number of amides is 2. The lowest BCUT2D eigenvalue weighted by Crippen LogP contribution is -2.47. The minimum absolute atomic E-state index is 0.0301. The largest absolute Gasteiger partial charge is 0.360 e. The van der Waals surface area contributed by atoms with Crippen molar-refractivity contribution in [1.29, 1.82) is 0 Å². The molecule has 8 heteroatoms. The Morgan fingerprint density at radius 2 is 2.00 bits per heavy atom. The van der Waals surface area contributed by atoms with Gasteiger partial charge < -0.3 is 15.5 Å². The van der Waals surface area contributed by atoms with E-state index in [2.05, 4.69) is 42.5 Å². The van der Waals surface area contributed by atoms with Crippen molar-refractivity contribution in [3.63, 3.8) is 0 Å². The molecule has 2 amide bonds. The third-order valence-electron chi connectivity index (χ3n) is 3.40. The van der Waals surface area contributed by atoms with Gasteiger partial charge in [-0.2, -0.15) is 0 Å². The summed E-state index contributed by atoms with van der Waals surface area (Å²) in [6.07, 6.45) is 0. The van der Waals surface area contributed by atoms with E-state index in [0.717, 1.165) is 26.2 Å². The molecule has 0 aliphatic carbocycles. The maximum atomic E-state index is 12.2. The smallest absolute Gasteiger partial charge is 0.265 e. The van der Waals surface area contributed by atoms with E-state index in [1.54, 1.807) is 6.07 Å². The number of nitrogens with zero attached hydrogens (tertiary/aromatic N) is 1. The third kappa shape index (κ3) is 3.94. The number of hydrogen-bond donors (Lipinski definition) is 2. The molecule has 0 saturated carbocycles. The lowest BCUT2D eigenvalue weighted by molar-refractivity contribution is -0.120. The van der Waals surface area contributed by atoms with Crippen LogP contribution in [0.5, 0.6) is 0 Å². The van der Waals surface area contributed by atoms with Crippen molar-refractivity contribution in [2.75, 3.05) is 29.9 Å². The molecule has 0 radical (unpaired) electrons. The van der Waals surface area contributed by atoms with E-state index in [-0.39, 0.29) is 11.8 Å². The van der Waals surface area contributed by atoms with Crippen molar-refractivity contribution in [3.05, 3.63) is 43.5 Å². The minimum Gasteiger partial charge on any atom is -0.360 e. The normalized spacial score (nSPS) is 14.5. The molecule has 0 spiro atoms. The topological polar surface area (TPSA) is 61.4 Å². The SMILES string of the molecule is O=C1CN(c2ccc(NC(=O)c3cc(Br)c(Br)s3)cc2)CCN1. The van der Waals surface area contributed by atoms with Gasteiger partial charge >= 0.3 is 0 Å². The summed E-state index contributed by atoms with van der Waals surface area (Å²) >= 11 is 8.13. The molecule has 120 valence electrons. The molecule has 1 saturated heterocycles. The highest BCUT2D eigenvalue weighted by molar-refractivity contribution is 9.13. The summed E-state index contributed by atoms with van der Waals surface area (Å²) in [7, 11) is 0. The average Bonchev–Trinajstić information content (AvgIpc) is 2.88. The maximum Gasteiger partial charge on any atom is 0.265 e. The third-order valence-corrected chi connectivity index (χ3v) is 6.65.